The number of anilines is 1. The molecule has 0 aliphatic heterocycles. The Bertz CT molecular complexity index is 1860. The molecule has 0 aromatic heterocycles. The van der Waals surface area contributed by atoms with Gasteiger partial charge in [0.15, 0.2) is 11.5 Å². The van der Waals surface area contributed by atoms with Gasteiger partial charge in [0.05, 0.1) is 39.0 Å². The number of nitrogens with zero attached hydrogens (tertiary/aromatic N) is 2. The molecule has 0 spiro atoms. The zero-order valence-corrected chi connectivity index (χ0v) is 30.3. The largest absolute Gasteiger partial charge is 0.497 e. The number of methoxy groups -OCH3 is 4. The van der Waals surface area contributed by atoms with Crippen LogP contribution in [0.1, 0.15) is 24.5 Å². The molecule has 0 aliphatic carbocycles. The molecule has 0 fully saturated rings. The summed E-state index contributed by atoms with van der Waals surface area (Å²) in [6.07, 6.45) is 0.864. The summed E-state index contributed by atoms with van der Waals surface area (Å²) >= 11 is 6.17. The van der Waals surface area contributed by atoms with Crippen LogP contribution in [0.15, 0.2) is 95.9 Å². The third-order valence-corrected chi connectivity index (χ3v) is 9.97. The summed E-state index contributed by atoms with van der Waals surface area (Å²) in [5, 5.41) is 3.44. The second-order valence-electron chi connectivity index (χ2n) is 11.2. The summed E-state index contributed by atoms with van der Waals surface area (Å²) < 4.78 is 52.0. The first-order valence-electron chi connectivity index (χ1n) is 15.9. The van der Waals surface area contributed by atoms with Crippen molar-refractivity contribution in [2.75, 3.05) is 45.8 Å². The van der Waals surface area contributed by atoms with Gasteiger partial charge in [-0.25, -0.2) is 8.42 Å². The van der Waals surface area contributed by atoms with Crippen molar-refractivity contribution in [2.24, 2.45) is 0 Å². The molecule has 266 valence electrons. The lowest BCUT2D eigenvalue weighted by Crippen LogP contribution is -2.53. The lowest BCUT2D eigenvalue weighted by Gasteiger charge is -2.34. The first-order chi connectivity index (χ1) is 24.1. The number of rotatable bonds is 17. The van der Waals surface area contributed by atoms with Crippen molar-refractivity contribution < 1.29 is 37.0 Å². The monoisotopic (exact) mass is 723 g/mol. The molecular formula is C37H42ClN3O8S. The van der Waals surface area contributed by atoms with Gasteiger partial charge in [0.1, 0.15) is 24.1 Å². The minimum Gasteiger partial charge on any atom is -0.497 e. The van der Waals surface area contributed by atoms with Crippen LogP contribution in [-0.2, 0) is 32.6 Å². The fourth-order valence-corrected chi connectivity index (χ4v) is 6.87. The van der Waals surface area contributed by atoms with E-state index in [1.807, 2.05) is 37.3 Å². The van der Waals surface area contributed by atoms with E-state index >= 15 is 0 Å². The maximum Gasteiger partial charge on any atom is 0.265 e. The van der Waals surface area contributed by atoms with Crippen molar-refractivity contribution >= 4 is 39.1 Å². The molecule has 0 bridgehead atoms. The normalized spacial score (nSPS) is 11.6. The number of ether oxygens (including phenoxy) is 4. The van der Waals surface area contributed by atoms with E-state index in [9.17, 15) is 18.0 Å². The molecule has 11 nitrogen and oxygen atoms in total. The smallest absolute Gasteiger partial charge is 0.265 e. The maximum atomic E-state index is 14.8. The quantitative estimate of drug-likeness (QED) is 0.147. The van der Waals surface area contributed by atoms with Gasteiger partial charge in [-0.3, -0.25) is 13.9 Å². The average molecular weight is 724 g/mol. The van der Waals surface area contributed by atoms with E-state index in [2.05, 4.69) is 5.32 Å². The lowest BCUT2D eigenvalue weighted by molar-refractivity contribution is -0.140. The standard InChI is InChI=1S/C37H42ClN3O8S/c1-6-20-39-37(43)32(21-26-10-8-7-9-11-26)40(24-27-12-14-28(38)15-13-27)36(42)25-41(31-22-29(46-2)16-18-33(31)47-3)50(44,45)30-17-19-34(48-4)35(23-30)49-5/h7-19,22-23,32H,6,20-21,24-25H2,1-5H3,(H,39,43)/t32-/m0/s1. The average Bonchev–Trinajstić information content (AvgIpc) is 3.14. The van der Waals surface area contributed by atoms with Gasteiger partial charge in [-0.2, -0.15) is 0 Å². The van der Waals surface area contributed by atoms with Crippen LogP contribution in [0.2, 0.25) is 5.02 Å². The van der Waals surface area contributed by atoms with E-state index in [4.69, 9.17) is 30.5 Å². The van der Waals surface area contributed by atoms with Crippen LogP contribution in [0.3, 0.4) is 0 Å². The molecule has 0 radical (unpaired) electrons. The highest BCUT2D eigenvalue weighted by atomic mass is 35.5. The Labute approximate surface area is 298 Å². The Kier molecular flexibility index (Phi) is 13.4. The predicted octanol–water partition coefficient (Wildman–Crippen LogP) is 5.74. The molecule has 0 saturated heterocycles. The Morgan fingerprint density at radius 3 is 2.06 bits per heavy atom. The van der Waals surface area contributed by atoms with Gasteiger partial charge < -0.3 is 29.2 Å². The molecule has 0 aliphatic rings. The SMILES string of the molecule is CCCNC(=O)[C@H](Cc1ccccc1)N(Cc1ccc(Cl)cc1)C(=O)CN(c1cc(OC)ccc1OC)S(=O)(=O)c1ccc(OC)c(OC)c1. The van der Waals surface area contributed by atoms with Crippen molar-refractivity contribution in [1.29, 1.82) is 0 Å². The highest BCUT2D eigenvalue weighted by Gasteiger charge is 2.36. The van der Waals surface area contributed by atoms with E-state index in [1.165, 1.54) is 57.6 Å². The highest BCUT2D eigenvalue weighted by Crippen LogP contribution is 2.38. The molecule has 0 unspecified atom stereocenters. The lowest BCUT2D eigenvalue weighted by atomic mass is 10.0. The molecule has 1 N–H and O–H groups in total. The van der Waals surface area contributed by atoms with Gasteiger partial charge in [-0.1, -0.05) is 61.0 Å². The molecule has 2 amide bonds. The Morgan fingerprint density at radius 2 is 1.44 bits per heavy atom. The zero-order valence-electron chi connectivity index (χ0n) is 28.7. The van der Waals surface area contributed by atoms with Crippen molar-refractivity contribution in [3.63, 3.8) is 0 Å². The second-order valence-corrected chi connectivity index (χ2v) is 13.5. The minimum absolute atomic E-state index is 0.00740. The number of sulfonamides is 1. The van der Waals surface area contributed by atoms with Gasteiger partial charge in [0, 0.05) is 36.7 Å². The van der Waals surface area contributed by atoms with E-state index in [1.54, 1.807) is 36.4 Å². The topological polar surface area (TPSA) is 124 Å². The first-order valence-corrected chi connectivity index (χ1v) is 17.7. The van der Waals surface area contributed by atoms with Gasteiger partial charge in [0.25, 0.3) is 10.0 Å². The number of nitrogens with one attached hydrogen (secondary N) is 1. The van der Waals surface area contributed by atoms with Crippen LogP contribution in [0.4, 0.5) is 5.69 Å². The molecule has 13 heteroatoms. The van der Waals surface area contributed by atoms with Crippen molar-refractivity contribution in [3.8, 4) is 23.0 Å². The molecule has 0 saturated carbocycles. The summed E-state index contributed by atoms with van der Waals surface area (Å²) in [6, 6.07) is 24.0. The highest BCUT2D eigenvalue weighted by molar-refractivity contribution is 7.92. The molecule has 4 aromatic carbocycles. The van der Waals surface area contributed by atoms with E-state index in [-0.39, 0.29) is 41.0 Å². The Hall–Kier alpha value is -4.94. The van der Waals surface area contributed by atoms with Crippen LogP contribution < -0.4 is 28.6 Å². The number of benzene rings is 4. The van der Waals surface area contributed by atoms with E-state index in [0.29, 0.717) is 35.1 Å². The number of carbonyl (C=O) groups excluding carboxylic acids is 2. The number of hydrogen-bond donors (Lipinski definition) is 1. The van der Waals surface area contributed by atoms with Crippen LogP contribution in [0.5, 0.6) is 23.0 Å². The number of amides is 2. The first kappa shape index (κ1) is 37.9. The zero-order chi connectivity index (χ0) is 36.3. The van der Waals surface area contributed by atoms with Crippen LogP contribution in [-0.4, -0.2) is 72.7 Å². The minimum atomic E-state index is -4.50. The third-order valence-electron chi connectivity index (χ3n) is 7.96. The second kappa shape index (κ2) is 17.6. The molecule has 0 heterocycles. The van der Waals surface area contributed by atoms with Crippen LogP contribution >= 0.6 is 11.6 Å². The molecule has 4 aromatic rings. The van der Waals surface area contributed by atoms with Gasteiger partial charge >= 0.3 is 0 Å². The summed E-state index contributed by atoms with van der Waals surface area (Å²) in [5.41, 5.74) is 1.57. The fourth-order valence-electron chi connectivity index (χ4n) is 5.32. The van der Waals surface area contributed by atoms with Gasteiger partial charge in [0.2, 0.25) is 11.8 Å². The Balaban J connectivity index is 1.89. The molecular weight excluding hydrogens is 682 g/mol. The van der Waals surface area contributed by atoms with Gasteiger partial charge in [-0.05, 0) is 53.9 Å². The van der Waals surface area contributed by atoms with Crippen LogP contribution in [0.25, 0.3) is 0 Å². The maximum absolute atomic E-state index is 14.8. The summed E-state index contributed by atoms with van der Waals surface area (Å²) in [5.74, 6) is 0.00204. The number of carbonyl (C=O) groups is 2. The van der Waals surface area contributed by atoms with Crippen molar-refractivity contribution in [3.05, 3.63) is 107 Å². The molecule has 50 heavy (non-hydrogen) atoms. The predicted molar refractivity (Wildman–Crippen MR) is 193 cm³/mol. The Morgan fingerprint density at radius 1 is 0.780 bits per heavy atom. The van der Waals surface area contributed by atoms with Gasteiger partial charge in [-0.15, -0.1) is 0 Å². The van der Waals surface area contributed by atoms with E-state index < -0.39 is 28.5 Å². The van der Waals surface area contributed by atoms with Crippen LogP contribution in [0, 0.1) is 0 Å². The summed E-state index contributed by atoms with van der Waals surface area (Å²) in [4.78, 5) is 29.9. The molecule has 1 atom stereocenters. The fraction of sp³-hybridized carbons (Fsp3) is 0.297. The molecule has 4 rings (SSSR count). The van der Waals surface area contributed by atoms with E-state index in [0.717, 1.165) is 9.87 Å². The summed E-state index contributed by atoms with van der Waals surface area (Å²) in [6.45, 7) is 1.63. The number of hydrogen-bond acceptors (Lipinski definition) is 8. The van der Waals surface area contributed by atoms with Crippen molar-refractivity contribution in [2.45, 2.75) is 37.2 Å². The summed E-state index contributed by atoms with van der Waals surface area (Å²) in [7, 11) is 1.18. The van der Waals surface area contributed by atoms with Crippen molar-refractivity contribution in [1.82, 2.24) is 10.2 Å². The number of halogens is 1. The third kappa shape index (κ3) is 9.19.